The summed E-state index contributed by atoms with van der Waals surface area (Å²) < 4.78 is 0. The molecule has 0 saturated carbocycles. The lowest BCUT2D eigenvalue weighted by atomic mass is 9.75. The second-order valence-corrected chi connectivity index (χ2v) is 7.36. The third-order valence-corrected chi connectivity index (χ3v) is 4.72. The highest BCUT2D eigenvalue weighted by atomic mass is 15.1. The maximum atomic E-state index is 4.48. The number of aryl methyl sites for hydroxylation is 1. The molecule has 1 fully saturated rings. The Hall–Kier alpha value is -1.09. The number of nitrogens with one attached hydrogen (secondary N) is 1. The maximum Gasteiger partial charge on any atom is 0.0445 e. The van der Waals surface area contributed by atoms with E-state index in [-0.39, 0.29) is 0 Å². The van der Waals surface area contributed by atoms with Gasteiger partial charge >= 0.3 is 0 Å². The molecule has 2 heterocycles. The van der Waals surface area contributed by atoms with Crippen molar-refractivity contribution in [1.29, 1.82) is 0 Å². The van der Waals surface area contributed by atoms with Crippen molar-refractivity contribution in [2.75, 3.05) is 24.5 Å². The molecular weight excluding hydrogens is 258 g/mol. The summed E-state index contributed by atoms with van der Waals surface area (Å²) in [4.78, 5) is 7.03. The zero-order valence-electron chi connectivity index (χ0n) is 14.4. The van der Waals surface area contributed by atoms with E-state index in [0.717, 1.165) is 24.7 Å². The van der Waals surface area contributed by atoms with E-state index >= 15 is 0 Å². The summed E-state index contributed by atoms with van der Waals surface area (Å²) in [5.74, 6) is 0.842. The average molecular weight is 289 g/mol. The van der Waals surface area contributed by atoms with E-state index in [4.69, 9.17) is 0 Å². The van der Waals surface area contributed by atoms with Gasteiger partial charge in [0.05, 0.1) is 0 Å². The van der Waals surface area contributed by atoms with Crippen LogP contribution in [-0.2, 0) is 6.54 Å². The van der Waals surface area contributed by atoms with Crippen LogP contribution in [0.4, 0.5) is 5.69 Å². The number of hydrogen-bond acceptors (Lipinski definition) is 3. The first-order valence-corrected chi connectivity index (χ1v) is 8.33. The first-order chi connectivity index (χ1) is 9.91. The standard InChI is InChI=1S/C18H31N3/c1-6-19-12-15-13-20-14(2)11-17(15)21-9-7-16(8-10-21)18(3,4)5/h11,13,16,19H,6-10,12H2,1-5H3. The first-order valence-electron chi connectivity index (χ1n) is 8.33. The summed E-state index contributed by atoms with van der Waals surface area (Å²) in [5, 5.41) is 3.43. The zero-order chi connectivity index (χ0) is 15.5. The van der Waals surface area contributed by atoms with Gasteiger partial charge in [0.2, 0.25) is 0 Å². The fraction of sp³-hybridized carbons (Fsp3) is 0.722. The van der Waals surface area contributed by atoms with Gasteiger partial charge in [-0.2, -0.15) is 0 Å². The number of hydrogen-bond donors (Lipinski definition) is 1. The van der Waals surface area contributed by atoms with E-state index in [1.165, 1.54) is 37.2 Å². The van der Waals surface area contributed by atoms with Crippen molar-refractivity contribution in [3.05, 3.63) is 23.5 Å². The number of nitrogens with zero attached hydrogens (tertiary/aromatic N) is 2. The molecule has 1 aliphatic heterocycles. The Morgan fingerprint density at radius 2 is 1.95 bits per heavy atom. The highest BCUT2D eigenvalue weighted by molar-refractivity contribution is 5.54. The van der Waals surface area contributed by atoms with E-state index in [0.29, 0.717) is 5.41 Å². The summed E-state index contributed by atoms with van der Waals surface area (Å²) >= 11 is 0. The van der Waals surface area contributed by atoms with Gasteiger partial charge in [0, 0.05) is 42.8 Å². The molecule has 118 valence electrons. The topological polar surface area (TPSA) is 28.2 Å². The van der Waals surface area contributed by atoms with Gasteiger partial charge in [-0.05, 0) is 43.7 Å². The number of piperidine rings is 1. The van der Waals surface area contributed by atoms with E-state index in [1.807, 2.05) is 6.20 Å². The molecule has 21 heavy (non-hydrogen) atoms. The largest absolute Gasteiger partial charge is 0.371 e. The van der Waals surface area contributed by atoms with E-state index in [9.17, 15) is 0 Å². The molecule has 1 saturated heterocycles. The molecule has 1 aromatic heterocycles. The van der Waals surface area contributed by atoms with Crippen LogP contribution in [0.2, 0.25) is 0 Å². The number of aromatic nitrogens is 1. The van der Waals surface area contributed by atoms with Crippen LogP contribution < -0.4 is 10.2 Å². The smallest absolute Gasteiger partial charge is 0.0445 e. The molecule has 1 N–H and O–H groups in total. The van der Waals surface area contributed by atoms with Crippen LogP contribution in [0.25, 0.3) is 0 Å². The SMILES string of the molecule is CCNCc1cnc(C)cc1N1CCC(C(C)(C)C)CC1. The van der Waals surface area contributed by atoms with Crippen LogP contribution in [-0.4, -0.2) is 24.6 Å². The minimum absolute atomic E-state index is 0.437. The van der Waals surface area contributed by atoms with Gasteiger partial charge in [-0.1, -0.05) is 27.7 Å². The van der Waals surface area contributed by atoms with Gasteiger partial charge in [-0.15, -0.1) is 0 Å². The Balaban J connectivity index is 2.10. The molecule has 0 radical (unpaired) electrons. The second kappa shape index (κ2) is 6.78. The third kappa shape index (κ3) is 4.19. The van der Waals surface area contributed by atoms with Crippen LogP contribution in [0.5, 0.6) is 0 Å². The first kappa shape index (κ1) is 16.3. The minimum atomic E-state index is 0.437. The average Bonchev–Trinajstić information content (AvgIpc) is 2.45. The van der Waals surface area contributed by atoms with Crippen molar-refractivity contribution in [2.24, 2.45) is 11.3 Å². The normalized spacial score (nSPS) is 17.3. The molecule has 0 unspecified atom stereocenters. The van der Waals surface area contributed by atoms with Gasteiger partial charge in [-0.3, -0.25) is 4.98 Å². The maximum absolute atomic E-state index is 4.48. The predicted octanol–water partition coefficient (Wildman–Crippen LogP) is 3.76. The van der Waals surface area contributed by atoms with Crippen molar-refractivity contribution in [3.63, 3.8) is 0 Å². The highest BCUT2D eigenvalue weighted by Gasteiger charge is 2.29. The second-order valence-electron chi connectivity index (χ2n) is 7.36. The molecule has 0 bridgehead atoms. The van der Waals surface area contributed by atoms with Crippen molar-refractivity contribution in [3.8, 4) is 0 Å². The molecule has 1 aliphatic rings. The summed E-state index contributed by atoms with van der Waals surface area (Å²) in [6, 6.07) is 2.25. The molecule has 3 heteroatoms. The lowest BCUT2D eigenvalue weighted by Gasteiger charge is -2.40. The van der Waals surface area contributed by atoms with Gasteiger partial charge in [0.15, 0.2) is 0 Å². The van der Waals surface area contributed by atoms with Gasteiger partial charge in [0.25, 0.3) is 0 Å². The van der Waals surface area contributed by atoms with Crippen molar-refractivity contribution < 1.29 is 0 Å². The molecule has 0 atom stereocenters. The Bertz CT molecular complexity index is 454. The van der Waals surface area contributed by atoms with Crippen LogP contribution >= 0.6 is 0 Å². The number of anilines is 1. The summed E-state index contributed by atoms with van der Waals surface area (Å²) in [7, 11) is 0. The van der Waals surface area contributed by atoms with Crippen LogP contribution in [0.1, 0.15) is 51.8 Å². The molecule has 0 spiro atoms. The molecule has 0 aromatic carbocycles. The van der Waals surface area contributed by atoms with Gasteiger partial charge < -0.3 is 10.2 Å². The Morgan fingerprint density at radius 1 is 1.29 bits per heavy atom. The van der Waals surface area contributed by atoms with E-state index < -0.39 is 0 Å². The molecule has 3 nitrogen and oxygen atoms in total. The Labute approximate surface area is 130 Å². The van der Waals surface area contributed by atoms with Gasteiger partial charge in [-0.25, -0.2) is 0 Å². The van der Waals surface area contributed by atoms with Gasteiger partial charge in [0.1, 0.15) is 0 Å². The van der Waals surface area contributed by atoms with Crippen LogP contribution in [0.3, 0.4) is 0 Å². The van der Waals surface area contributed by atoms with E-state index in [2.05, 4.69) is 55.9 Å². The molecule has 1 aromatic rings. The highest BCUT2D eigenvalue weighted by Crippen LogP contribution is 2.36. The van der Waals surface area contributed by atoms with Crippen LogP contribution in [0, 0.1) is 18.3 Å². The molecule has 0 aliphatic carbocycles. The fourth-order valence-electron chi connectivity index (χ4n) is 3.25. The monoisotopic (exact) mass is 289 g/mol. The number of pyridine rings is 1. The molecule has 0 amide bonds. The summed E-state index contributed by atoms with van der Waals surface area (Å²) in [6.45, 7) is 15.6. The molecular formula is C18H31N3. The Kier molecular flexibility index (Phi) is 5.26. The minimum Gasteiger partial charge on any atom is -0.371 e. The van der Waals surface area contributed by atoms with Crippen molar-refractivity contribution in [1.82, 2.24) is 10.3 Å². The van der Waals surface area contributed by atoms with E-state index in [1.54, 1.807) is 0 Å². The van der Waals surface area contributed by atoms with Crippen molar-refractivity contribution >= 4 is 5.69 Å². The lowest BCUT2D eigenvalue weighted by Crippen LogP contribution is -2.38. The van der Waals surface area contributed by atoms with Crippen LogP contribution in [0.15, 0.2) is 12.3 Å². The lowest BCUT2D eigenvalue weighted by molar-refractivity contribution is 0.199. The number of rotatable bonds is 4. The van der Waals surface area contributed by atoms with Crippen molar-refractivity contribution in [2.45, 2.75) is 54.0 Å². The zero-order valence-corrected chi connectivity index (χ0v) is 14.4. The fourth-order valence-corrected chi connectivity index (χ4v) is 3.25. The Morgan fingerprint density at radius 3 is 2.52 bits per heavy atom. The third-order valence-electron chi connectivity index (χ3n) is 4.72. The summed E-state index contributed by atoms with van der Waals surface area (Å²) in [6.07, 6.45) is 4.64. The predicted molar refractivity (Wildman–Crippen MR) is 90.7 cm³/mol. The summed E-state index contributed by atoms with van der Waals surface area (Å²) in [5.41, 5.74) is 4.27. The molecule has 2 rings (SSSR count). The quantitative estimate of drug-likeness (QED) is 0.914.